The van der Waals surface area contributed by atoms with Crippen LogP contribution in [0.1, 0.15) is 5.56 Å². The first-order valence-electron chi connectivity index (χ1n) is 7.00. The molecule has 0 heterocycles. The molecule has 0 spiro atoms. The Morgan fingerprint density at radius 1 is 1.23 bits per heavy atom. The van der Waals surface area contributed by atoms with Crippen LogP contribution >= 0.6 is 11.6 Å². The summed E-state index contributed by atoms with van der Waals surface area (Å²) in [4.78, 5) is 20.4. The van der Waals surface area contributed by atoms with Crippen molar-refractivity contribution in [3.8, 4) is 18.1 Å². The normalized spacial score (nSPS) is 10.3. The summed E-state index contributed by atoms with van der Waals surface area (Å²) < 4.78 is 5.35. The number of rotatable bonds is 7. The molecule has 0 fully saturated rings. The van der Waals surface area contributed by atoms with E-state index in [2.05, 4.69) is 16.4 Å². The van der Waals surface area contributed by atoms with Crippen LogP contribution in [0.25, 0.3) is 0 Å². The Hall–Kier alpha value is -3.64. The van der Waals surface area contributed by atoms with Gasteiger partial charge in [-0.2, -0.15) is 5.10 Å². The minimum absolute atomic E-state index is 0.00929. The molecule has 0 radical (unpaired) electrons. The molecule has 0 aliphatic carbocycles. The SMILES string of the molecule is C#CCOc1ccc(Cl)cc1/C=N/Nc1ccc([N+](=O)[O-])cc1[N+](=O)[O-]. The van der Waals surface area contributed by atoms with E-state index in [-0.39, 0.29) is 12.3 Å². The number of halogens is 1. The van der Waals surface area contributed by atoms with Gasteiger partial charge in [0.1, 0.15) is 18.0 Å². The highest BCUT2D eigenvalue weighted by atomic mass is 35.5. The summed E-state index contributed by atoms with van der Waals surface area (Å²) in [5, 5.41) is 26.1. The van der Waals surface area contributed by atoms with Crippen molar-refractivity contribution in [2.24, 2.45) is 5.10 Å². The fourth-order valence-electron chi connectivity index (χ4n) is 1.92. The molecule has 9 nitrogen and oxygen atoms in total. The predicted octanol–water partition coefficient (Wildman–Crippen LogP) is 3.61. The second-order valence-corrected chi connectivity index (χ2v) is 5.20. The van der Waals surface area contributed by atoms with E-state index in [1.54, 1.807) is 18.2 Å². The highest BCUT2D eigenvalue weighted by Gasteiger charge is 2.19. The van der Waals surface area contributed by atoms with Crippen molar-refractivity contribution in [1.29, 1.82) is 0 Å². The van der Waals surface area contributed by atoms with Gasteiger partial charge < -0.3 is 4.74 Å². The van der Waals surface area contributed by atoms with Crippen LogP contribution < -0.4 is 10.2 Å². The van der Waals surface area contributed by atoms with E-state index in [0.717, 1.165) is 12.1 Å². The van der Waals surface area contributed by atoms with Crippen LogP contribution in [0.5, 0.6) is 5.75 Å². The number of ether oxygens (including phenoxy) is 1. The summed E-state index contributed by atoms with van der Waals surface area (Å²) in [6.45, 7) is 0.0454. The number of hydrazone groups is 1. The lowest BCUT2D eigenvalue weighted by Crippen LogP contribution is -2.00. The molecule has 0 bridgehead atoms. The maximum Gasteiger partial charge on any atom is 0.301 e. The number of nitrogens with zero attached hydrogens (tertiary/aromatic N) is 3. The van der Waals surface area contributed by atoms with Gasteiger partial charge in [0.2, 0.25) is 0 Å². The minimum atomic E-state index is -0.744. The van der Waals surface area contributed by atoms with Gasteiger partial charge in [0, 0.05) is 16.7 Å². The molecule has 0 unspecified atom stereocenters. The molecule has 10 heteroatoms. The number of hydrogen-bond acceptors (Lipinski definition) is 7. The van der Waals surface area contributed by atoms with E-state index in [0.29, 0.717) is 16.3 Å². The zero-order chi connectivity index (χ0) is 19.1. The molecule has 2 aromatic rings. The lowest BCUT2D eigenvalue weighted by Gasteiger charge is -2.07. The van der Waals surface area contributed by atoms with Gasteiger partial charge in [-0.1, -0.05) is 17.5 Å². The number of hydrogen-bond donors (Lipinski definition) is 1. The maximum absolute atomic E-state index is 11.1. The van der Waals surface area contributed by atoms with E-state index in [9.17, 15) is 20.2 Å². The number of nitro benzene ring substituents is 2. The van der Waals surface area contributed by atoms with Crippen LogP contribution in [0.2, 0.25) is 5.02 Å². The second kappa shape index (κ2) is 8.46. The lowest BCUT2D eigenvalue weighted by molar-refractivity contribution is -0.393. The average molecular weight is 375 g/mol. The topological polar surface area (TPSA) is 120 Å². The molecule has 0 aliphatic rings. The molecule has 2 aromatic carbocycles. The Bertz CT molecular complexity index is 923. The third-order valence-electron chi connectivity index (χ3n) is 3.06. The summed E-state index contributed by atoms with van der Waals surface area (Å²) >= 11 is 5.93. The summed E-state index contributed by atoms with van der Waals surface area (Å²) in [7, 11) is 0. The van der Waals surface area contributed by atoms with Crippen LogP contribution in [-0.4, -0.2) is 22.7 Å². The quantitative estimate of drug-likeness (QED) is 0.342. The number of terminal acetylenes is 1. The molecule has 132 valence electrons. The Kier molecular flexibility index (Phi) is 6.08. The molecule has 0 saturated carbocycles. The second-order valence-electron chi connectivity index (χ2n) is 4.76. The number of nitrogens with one attached hydrogen (secondary N) is 1. The Morgan fingerprint density at radius 3 is 2.65 bits per heavy atom. The summed E-state index contributed by atoms with van der Waals surface area (Å²) in [5.74, 6) is 2.76. The van der Waals surface area contributed by atoms with Crippen LogP contribution in [0.4, 0.5) is 17.1 Å². The first-order chi connectivity index (χ1) is 12.4. The fraction of sp³-hybridized carbons (Fsp3) is 0.0625. The molecule has 26 heavy (non-hydrogen) atoms. The molecule has 0 amide bonds. The third kappa shape index (κ3) is 4.68. The van der Waals surface area contributed by atoms with Crippen LogP contribution in [0, 0.1) is 32.6 Å². The van der Waals surface area contributed by atoms with Crippen LogP contribution in [0.3, 0.4) is 0 Å². The average Bonchev–Trinajstić information content (AvgIpc) is 2.61. The molecule has 1 N–H and O–H groups in total. The molecule has 0 aromatic heterocycles. The first kappa shape index (κ1) is 18.7. The monoisotopic (exact) mass is 374 g/mol. The van der Waals surface area contributed by atoms with E-state index < -0.39 is 21.2 Å². The van der Waals surface area contributed by atoms with E-state index >= 15 is 0 Å². The van der Waals surface area contributed by atoms with Crippen molar-refractivity contribution >= 4 is 34.9 Å². The van der Waals surface area contributed by atoms with Crippen LogP contribution in [-0.2, 0) is 0 Å². The fourth-order valence-corrected chi connectivity index (χ4v) is 2.10. The smallest absolute Gasteiger partial charge is 0.301 e. The molecule has 0 atom stereocenters. The van der Waals surface area contributed by atoms with Gasteiger partial charge in [-0.05, 0) is 24.3 Å². The Morgan fingerprint density at radius 2 is 2.00 bits per heavy atom. The molecular weight excluding hydrogens is 364 g/mol. The molecule has 0 aliphatic heterocycles. The van der Waals surface area contributed by atoms with Gasteiger partial charge >= 0.3 is 5.69 Å². The van der Waals surface area contributed by atoms with E-state index in [4.69, 9.17) is 22.8 Å². The van der Waals surface area contributed by atoms with Gasteiger partial charge in [-0.3, -0.25) is 25.7 Å². The third-order valence-corrected chi connectivity index (χ3v) is 3.30. The van der Waals surface area contributed by atoms with E-state index in [1.165, 1.54) is 12.3 Å². The highest BCUT2D eigenvalue weighted by Crippen LogP contribution is 2.29. The first-order valence-corrected chi connectivity index (χ1v) is 7.38. The van der Waals surface area contributed by atoms with Crippen molar-refractivity contribution < 1.29 is 14.6 Å². The standard InChI is InChI=1S/C16H11ClN4O5/c1-2-7-26-16-6-3-12(17)8-11(16)10-18-19-14-5-4-13(20(22)23)9-15(14)21(24)25/h1,3-6,8-10,19H,7H2/b18-10+. The maximum atomic E-state index is 11.1. The molecular formula is C16H11ClN4O5. The zero-order valence-corrected chi connectivity index (χ0v) is 13.8. The highest BCUT2D eigenvalue weighted by molar-refractivity contribution is 6.30. The predicted molar refractivity (Wildman–Crippen MR) is 96.7 cm³/mol. The number of nitro groups is 2. The van der Waals surface area contributed by atoms with E-state index in [1.807, 2.05) is 0 Å². The summed E-state index contributed by atoms with van der Waals surface area (Å²) in [6.07, 6.45) is 6.49. The van der Waals surface area contributed by atoms with Crippen molar-refractivity contribution in [1.82, 2.24) is 0 Å². The number of non-ortho nitro benzene ring substituents is 1. The Labute approximate surface area is 152 Å². The van der Waals surface area contributed by atoms with Gasteiger partial charge in [0.05, 0.1) is 22.1 Å². The van der Waals surface area contributed by atoms with Gasteiger partial charge in [-0.25, -0.2) is 0 Å². The number of anilines is 1. The molecule has 2 rings (SSSR count). The van der Waals surface area contributed by atoms with Crippen molar-refractivity contribution in [3.63, 3.8) is 0 Å². The minimum Gasteiger partial charge on any atom is -0.480 e. The lowest BCUT2D eigenvalue weighted by atomic mass is 10.2. The van der Waals surface area contributed by atoms with Crippen molar-refractivity contribution in [2.75, 3.05) is 12.0 Å². The molecule has 0 saturated heterocycles. The largest absolute Gasteiger partial charge is 0.480 e. The van der Waals surface area contributed by atoms with Crippen molar-refractivity contribution in [2.45, 2.75) is 0 Å². The number of benzene rings is 2. The summed E-state index contributed by atoms with van der Waals surface area (Å²) in [6, 6.07) is 7.96. The van der Waals surface area contributed by atoms with Crippen molar-refractivity contribution in [3.05, 3.63) is 67.2 Å². The summed E-state index contributed by atoms with van der Waals surface area (Å²) in [5.41, 5.74) is 2.08. The zero-order valence-electron chi connectivity index (χ0n) is 13.1. The van der Waals surface area contributed by atoms with Crippen LogP contribution in [0.15, 0.2) is 41.5 Å². The van der Waals surface area contributed by atoms with Gasteiger partial charge in [0.25, 0.3) is 5.69 Å². The van der Waals surface area contributed by atoms with Gasteiger partial charge in [-0.15, -0.1) is 6.42 Å². The Balaban J connectivity index is 2.26. The van der Waals surface area contributed by atoms with Gasteiger partial charge in [0.15, 0.2) is 0 Å².